The van der Waals surface area contributed by atoms with Crippen LogP contribution in [0.25, 0.3) is 5.65 Å². The Morgan fingerprint density at radius 2 is 1.92 bits per heavy atom. The van der Waals surface area contributed by atoms with Crippen LogP contribution in [0, 0.1) is 0 Å². The minimum Gasteiger partial charge on any atom is -0.497 e. The predicted octanol–water partition coefficient (Wildman–Crippen LogP) is 4.80. The molecule has 0 unspecified atom stereocenters. The van der Waals surface area contributed by atoms with Crippen LogP contribution in [0.5, 0.6) is 5.75 Å². The number of fused-ring (bicyclic) bond motifs is 1. The quantitative estimate of drug-likeness (QED) is 0.288. The van der Waals surface area contributed by atoms with Gasteiger partial charge in [-0.15, -0.1) is 5.10 Å². The predicted molar refractivity (Wildman–Crippen MR) is 150 cm³/mol. The second-order valence-electron chi connectivity index (χ2n) is 9.85. The number of rotatable bonds is 9. The van der Waals surface area contributed by atoms with Crippen LogP contribution >= 0.6 is 11.6 Å². The van der Waals surface area contributed by atoms with Crippen LogP contribution in [0.3, 0.4) is 0 Å². The highest BCUT2D eigenvalue weighted by molar-refractivity contribution is 6.29. The van der Waals surface area contributed by atoms with Gasteiger partial charge in [0.15, 0.2) is 11.3 Å². The van der Waals surface area contributed by atoms with Gasteiger partial charge in [0.25, 0.3) is 5.91 Å². The average molecular weight is 548 g/mol. The first-order chi connectivity index (χ1) is 19.1. The third-order valence-corrected chi connectivity index (χ3v) is 7.25. The molecule has 1 saturated carbocycles. The lowest BCUT2D eigenvalue weighted by Crippen LogP contribution is -2.30. The lowest BCUT2D eigenvalue weighted by atomic mass is 10.1. The van der Waals surface area contributed by atoms with E-state index in [-0.39, 0.29) is 11.9 Å². The van der Waals surface area contributed by atoms with E-state index >= 15 is 0 Å². The van der Waals surface area contributed by atoms with Gasteiger partial charge >= 0.3 is 0 Å². The summed E-state index contributed by atoms with van der Waals surface area (Å²) in [5.74, 6) is 1.19. The Morgan fingerprint density at radius 1 is 1.13 bits per heavy atom. The Balaban J connectivity index is 1.38. The molecule has 3 aromatic heterocycles. The summed E-state index contributed by atoms with van der Waals surface area (Å²) >= 11 is 6.01. The number of methoxy groups -OCH3 is 1. The number of halogens is 1. The van der Waals surface area contributed by atoms with Crippen molar-refractivity contribution in [3.05, 3.63) is 71.3 Å². The number of nitrogens with zero attached hydrogens (tertiary/aromatic N) is 5. The van der Waals surface area contributed by atoms with Crippen molar-refractivity contribution in [3.63, 3.8) is 0 Å². The van der Waals surface area contributed by atoms with Gasteiger partial charge in [-0.2, -0.15) is 0 Å². The molecule has 4 aromatic rings. The summed E-state index contributed by atoms with van der Waals surface area (Å²) in [5.41, 5.74) is 3.60. The maximum atomic E-state index is 13.3. The van der Waals surface area contributed by atoms with Crippen molar-refractivity contribution in [2.75, 3.05) is 35.9 Å². The lowest BCUT2D eigenvalue weighted by molar-refractivity contribution is 0.0903. The number of pyridine rings is 1. The van der Waals surface area contributed by atoms with E-state index in [9.17, 15) is 4.79 Å². The van der Waals surface area contributed by atoms with Crippen LogP contribution in [0.2, 0.25) is 5.15 Å². The van der Waals surface area contributed by atoms with E-state index in [0.29, 0.717) is 53.8 Å². The third-order valence-electron chi connectivity index (χ3n) is 7.05. The fraction of sp³-hybridized carbons (Fsp3) is 0.357. The summed E-state index contributed by atoms with van der Waals surface area (Å²) in [4.78, 5) is 24.4. The minimum absolute atomic E-state index is 0.243. The first-order valence-electron chi connectivity index (χ1n) is 13.1. The zero-order valence-electron chi connectivity index (χ0n) is 21.6. The van der Waals surface area contributed by atoms with Gasteiger partial charge in [0.05, 0.1) is 19.0 Å². The molecule has 0 radical (unpaired) electrons. The normalized spacial score (nSPS) is 15.7. The summed E-state index contributed by atoms with van der Waals surface area (Å²) < 4.78 is 12.5. The number of ether oxygens (including phenoxy) is 2. The Morgan fingerprint density at radius 3 is 2.64 bits per heavy atom. The number of hydrogen-bond acceptors (Lipinski definition) is 8. The van der Waals surface area contributed by atoms with Crippen LogP contribution in [0.1, 0.15) is 41.7 Å². The van der Waals surface area contributed by atoms with Crippen LogP contribution in [-0.4, -0.2) is 57.9 Å². The third kappa shape index (κ3) is 5.76. The van der Waals surface area contributed by atoms with Crippen LogP contribution < -0.4 is 20.3 Å². The molecule has 2 aliphatic rings. The van der Waals surface area contributed by atoms with Crippen LogP contribution in [-0.2, 0) is 11.3 Å². The molecule has 4 heterocycles. The fourth-order valence-corrected chi connectivity index (χ4v) is 5.01. The van der Waals surface area contributed by atoms with Crippen molar-refractivity contribution < 1.29 is 14.3 Å². The molecule has 0 spiro atoms. The van der Waals surface area contributed by atoms with E-state index in [2.05, 4.69) is 43.7 Å². The molecule has 1 aliphatic heterocycles. The summed E-state index contributed by atoms with van der Waals surface area (Å²) in [7, 11) is 1.67. The largest absolute Gasteiger partial charge is 0.497 e. The van der Waals surface area contributed by atoms with Crippen molar-refractivity contribution >= 4 is 40.3 Å². The van der Waals surface area contributed by atoms with E-state index in [1.807, 2.05) is 12.1 Å². The van der Waals surface area contributed by atoms with E-state index in [0.717, 1.165) is 42.7 Å². The molecule has 0 atom stereocenters. The van der Waals surface area contributed by atoms with Gasteiger partial charge in [-0.1, -0.05) is 23.7 Å². The molecule has 2 fully saturated rings. The molecule has 2 N–H and O–H groups in total. The summed E-state index contributed by atoms with van der Waals surface area (Å²) in [6.07, 6.45) is 7.11. The van der Waals surface area contributed by atoms with E-state index < -0.39 is 0 Å². The molecule has 1 aromatic carbocycles. The molecule has 11 heteroatoms. The highest BCUT2D eigenvalue weighted by Gasteiger charge is 2.32. The number of carbonyl (C=O) groups excluding carboxylic acids is 1. The highest BCUT2D eigenvalue weighted by atomic mass is 35.5. The molecular formula is C28H30ClN7O3. The summed E-state index contributed by atoms with van der Waals surface area (Å²) in [5, 5.41) is 11.6. The highest BCUT2D eigenvalue weighted by Crippen LogP contribution is 2.36. The zero-order chi connectivity index (χ0) is 26.8. The Bertz CT molecular complexity index is 1470. The molecule has 1 amide bonds. The van der Waals surface area contributed by atoms with E-state index in [4.69, 9.17) is 26.2 Å². The van der Waals surface area contributed by atoms with Crippen molar-refractivity contribution in [1.29, 1.82) is 0 Å². The first kappa shape index (κ1) is 25.4. The van der Waals surface area contributed by atoms with Gasteiger partial charge in [-0.3, -0.25) is 4.79 Å². The number of amides is 1. The first-order valence-corrected chi connectivity index (χ1v) is 13.5. The van der Waals surface area contributed by atoms with Crippen molar-refractivity contribution in [2.24, 2.45) is 0 Å². The van der Waals surface area contributed by atoms with Crippen molar-refractivity contribution in [1.82, 2.24) is 19.6 Å². The van der Waals surface area contributed by atoms with Crippen molar-refractivity contribution in [3.8, 4) is 5.75 Å². The molecule has 1 aliphatic carbocycles. The maximum Gasteiger partial charge on any atom is 0.276 e. The summed E-state index contributed by atoms with van der Waals surface area (Å²) in [6.45, 7) is 2.13. The topological polar surface area (TPSA) is 106 Å². The van der Waals surface area contributed by atoms with Gasteiger partial charge < -0.3 is 25.0 Å². The molecule has 6 rings (SSSR count). The van der Waals surface area contributed by atoms with Crippen molar-refractivity contribution in [2.45, 2.75) is 44.3 Å². The Kier molecular flexibility index (Phi) is 7.21. The number of aromatic nitrogens is 4. The second-order valence-corrected chi connectivity index (χ2v) is 10.2. The molecule has 0 bridgehead atoms. The molecule has 39 heavy (non-hydrogen) atoms. The Hall–Kier alpha value is -3.89. The smallest absolute Gasteiger partial charge is 0.276 e. The number of carbonyl (C=O) groups is 1. The SMILES string of the molecule is COc1ccc(CN(c2cc(NC3CCOCC3)nn3c(C(=O)Nc4ccnc(Cl)c4)cnc23)C2CC2)cc1. The number of benzene rings is 1. The number of nitrogens with one attached hydrogen (secondary N) is 2. The molecular weight excluding hydrogens is 518 g/mol. The second kappa shape index (κ2) is 11.1. The number of hydrogen-bond donors (Lipinski definition) is 2. The number of imidazole rings is 1. The van der Waals surface area contributed by atoms with E-state index in [1.165, 1.54) is 0 Å². The number of anilines is 3. The van der Waals surface area contributed by atoms with Gasteiger partial charge in [-0.05, 0) is 55.5 Å². The molecule has 10 nitrogen and oxygen atoms in total. The average Bonchev–Trinajstić information content (AvgIpc) is 3.70. The van der Waals surface area contributed by atoms with Gasteiger partial charge in [0.1, 0.15) is 16.7 Å². The fourth-order valence-electron chi connectivity index (χ4n) is 4.84. The summed E-state index contributed by atoms with van der Waals surface area (Å²) in [6, 6.07) is 14.1. The maximum absolute atomic E-state index is 13.3. The van der Waals surface area contributed by atoms with Gasteiger partial charge in [0, 0.05) is 49.8 Å². The molecule has 1 saturated heterocycles. The minimum atomic E-state index is -0.334. The Labute approximate surface area is 231 Å². The zero-order valence-corrected chi connectivity index (χ0v) is 22.4. The monoisotopic (exact) mass is 547 g/mol. The van der Waals surface area contributed by atoms with Gasteiger partial charge in [-0.25, -0.2) is 14.5 Å². The van der Waals surface area contributed by atoms with Gasteiger partial charge in [0.2, 0.25) is 0 Å². The molecule has 202 valence electrons. The van der Waals surface area contributed by atoms with Crippen LogP contribution in [0.4, 0.5) is 17.2 Å². The lowest BCUT2D eigenvalue weighted by Gasteiger charge is -2.27. The van der Waals surface area contributed by atoms with E-state index in [1.54, 1.807) is 36.2 Å². The standard InChI is InChI=1S/C28H30ClN7O3/c1-38-22-6-2-18(3-7-22)17-35(21-4-5-21)23-15-26(32-19-9-12-39-13-10-19)34-36-24(16-31-27(23)36)28(37)33-20-8-11-30-25(29)14-20/h2-3,6-8,11,14-16,19,21H,4-5,9-10,12-13,17H2,1H3,(H,32,34)(H,30,33,37). The van der Waals surface area contributed by atoms with Crippen LogP contribution in [0.15, 0.2) is 54.9 Å².